The number of carbonyl (C=O) groups excluding carboxylic acids is 3. The zero-order valence-corrected chi connectivity index (χ0v) is 18.1. The summed E-state index contributed by atoms with van der Waals surface area (Å²) in [4.78, 5) is 37.0. The first-order chi connectivity index (χ1) is 16.0. The SMILES string of the molecule is C=C1C(=O)O[C@H]2CC3=C[C@@H](C/C(C)=C/[C@@H](OC(=O)/C=C/c4cccc(C(F)(F)F)c4)[C@H]12)OC3=O. The van der Waals surface area contributed by atoms with Gasteiger partial charge in [0.15, 0.2) is 0 Å². The van der Waals surface area contributed by atoms with Gasteiger partial charge in [0, 0.05) is 30.1 Å². The van der Waals surface area contributed by atoms with E-state index in [1.54, 1.807) is 19.1 Å². The molecule has 1 fully saturated rings. The molecule has 0 saturated carbocycles. The highest BCUT2D eigenvalue weighted by molar-refractivity contribution is 5.93. The fourth-order valence-corrected chi connectivity index (χ4v) is 4.27. The number of benzene rings is 1. The maximum Gasteiger partial charge on any atom is 0.416 e. The Morgan fingerprint density at radius 3 is 2.65 bits per heavy atom. The average molecular weight is 474 g/mol. The van der Waals surface area contributed by atoms with Crippen molar-refractivity contribution in [2.45, 2.75) is 44.3 Å². The van der Waals surface area contributed by atoms with Gasteiger partial charge in [0.1, 0.15) is 18.3 Å². The van der Waals surface area contributed by atoms with E-state index >= 15 is 0 Å². The zero-order valence-electron chi connectivity index (χ0n) is 18.1. The molecule has 2 heterocycles. The molecule has 1 aromatic carbocycles. The number of carbonyl (C=O) groups is 3. The van der Waals surface area contributed by atoms with E-state index in [9.17, 15) is 27.6 Å². The molecule has 0 unspecified atom stereocenters. The lowest BCUT2D eigenvalue weighted by Crippen LogP contribution is -2.32. The minimum Gasteiger partial charge on any atom is -0.458 e. The van der Waals surface area contributed by atoms with Crippen LogP contribution in [0.4, 0.5) is 13.2 Å². The van der Waals surface area contributed by atoms with Gasteiger partial charge in [-0.2, -0.15) is 13.2 Å². The van der Waals surface area contributed by atoms with Gasteiger partial charge in [-0.05, 0) is 42.8 Å². The van der Waals surface area contributed by atoms with E-state index in [1.165, 1.54) is 18.2 Å². The standard InChI is InChI=1S/C25H21F3O6/c1-13-8-18-11-16(24(31)32-18)12-20-22(14(2)23(30)34-20)19(9-13)33-21(29)7-6-15-4-3-5-17(10-15)25(26,27)28/h3-7,9-11,18-20,22H,2,8,12H2,1H3/b7-6+,13-9+/t18-,19-,20+,22+/m1/s1. The fraction of sp³-hybridized carbons (Fsp3) is 0.320. The monoisotopic (exact) mass is 474 g/mol. The number of alkyl halides is 3. The van der Waals surface area contributed by atoms with Gasteiger partial charge in [-0.25, -0.2) is 14.4 Å². The Kier molecular flexibility index (Phi) is 6.20. The number of ether oxygens (including phenoxy) is 3. The molecule has 0 aromatic heterocycles. The first-order valence-corrected chi connectivity index (χ1v) is 10.6. The predicted octanol–water partition coefficient (Wildman–Crippen LogP) is 4.32. The van der Waals surface area contributed by atoms with Crippen molar-refractivity contribution in [3.63, 3.8) is 0 Å². The van der Waals surface area contributed by atoms with Gasteiger partial charge >= 0.3 is 24.1 Å². The van der Waals surface area contributed by atoms with Crippen LogP contribution in [0, 0.1) is 5.92 Å². The Hall–Kier alpha value is -3.62. The number of rotatable bonds is 3. The van der Waals surface area contributed by atoms with Gasteiger partial charge in [-0.3, -0.25) is 0 Å². The van der Waals surface area contributed by atoms with E-state index < -0.39 is 53.9 Å². The minimum absolute atomic E-state index is 0.0891. The number of hydrogen-bond acceptors (Lipinski definition) is 6. The lowest BCUT2D eigenvalue weighted by atomic mass is 9.85. The van der Waals surface area contributed by atoms with E-state index in [4.69, 9.17) is 14.2 Å². The van der Waals surface area contributed by atoms with Crippen LogP contribution in [0.25, 0.3) is 6.08 Å². The highest BCUT2D eigenvalue weighted by atomic mass is 19.4. The van der Waals surface area contributed by atoms with Crippen LogP contribution in [-0.4, -0.2) is 36.2 Å². The molecule has 2 aliphatic heterocycles. The molecule has 1 saturated heterocycles. The summed E-state index contributed by atoms with van der Waals surface area (Å²) < 4.78 is 55.1. The first kappa shape index (κ1) is 23.5. The molecule has 34 heavy (non-hydrogen) atoms. The second-order valence-corrected chi connectivity index (χ2v) is 8.41. The van der Waals surface area contributed by atoms with E-state index in [0.29, 0.717) is 12.0 Å². The molecular formula is C25H21F3O6. The maximum absolute atomic E-state index is 12.9. The van der Waals surface area contributed by atoms with E-state index in [-0.39, 0.29) is 17.6 Å². The van der Waals surface area contributed by atoms with Crippen LogP contribution in [0.5, 0.6) is 0 Å². The lowest BCUT2D eigenvalue weighted by Gasteiger charge is -2.25. The Labute approximate surface area is 193 Å². The van der Waals surface area contributed by atoms with Gasteiger partial charge in [0.25, 0.3) is 0 Å². The van der Waals surface area contributed by atoms with Crippen LogP contribution in [0.15, 0.2) is 65.8 Å². The molecule has 0 N–H and O–H groups in total. The van der Waals surface area contributed by atoms with Crippen molar-refractivity contribution in [2.75, 3.05) is 0 Å². The quantitative estimate of drug-likeness (QED) is 0.281. The summed E-state index contributed by atoms with van der Waals surface area (Å²) in [5.74, 6) is -2.68. The molecule has 4 rings (SSSR count). The maximum atomic E-state index is 12.9. The van der Waals surface area contributed by atoms with Gasteiger partial charge in [-0.1, -0.05) is 24.3 Å². The summed E-state index contributed by atoms with van der Waals surface area (Å²) in [6.07, 6.45) is -0.628. The van der Waals surface area contributed by atoms with Crippen molar-refractivity contribution >= 4 is 24.0 Å². The topological polar surface area (TPSA) is 78.9 Å². The van der Waals surface area contributed by atoms with Crippen molar-refractivity contribution in [3.05, 3.63) is 76.9 Å². The normalized spacial score (nSPS) is 28.5. The summed E-state index contributed by atoms with van der Waals surface area (Å²) in [5.41, 5.74) is 0.577. The van der Waals surface area contributed by atoms with Crippen LogP contribution in [0.1, 0.15) is 30.9 Å². The van der Waals surface area contributed by atoms with Crippen LogP contribution in [0.3, 0.4) is 0 Å². The third-order valence-corrected chi connectivity index (χ3v) is 5.86. The average Bonchev–Trinajstić information content (AvgIpc) is 3.23. The van der Waals surface area contributed by atoms with Crippen molar-refractivity contribution in [2.24, 2.45) is 5.92 Å². The van der Waals surface area contributed by atoms with Gasteiger partial charge < -0.3 is 14.2 Å². The Balaban J connectivity index is 1.57. The third-order valence-electron chi connectivity index (χ3n) is 5.86. The summed E-state index contributed by atoms with van der Waals surface area (Å²) in [5, 5.41) is 0. The van der Waals surface area contributed by atoms with Crippen molar-refractivity contribution < 1.29 is 41.8 Å². The van der Waals surface area contributed by atoms with Crippen LogP contribution < -0.4 is 0 Å². The summed E-state index contributed by atoms with van der Waals surface area (Å²) in [7, 11) is 0. The molecule has 0 spiro atoms. The summed E-state index contributed by atoms with van der Waals surface area (Å²) in [6, 6.07) is 4.51. The molecule has 1 aliphatic carbocycles. The van der Waals surface area contributed by atoms with Gasteiger partial charge in [0.2, 0.25) is 0 Å². The molecule has 2 bridgehead atoms. The van der Waals surface area contributed by atoms with Gasteiger partial charge in [0.05, 0.1) is 11.5 Å². The summed E-state index contributed by atoms with van der Waals surface area (Å²) in [6.45, 7) is 5.55. The predicted molar refractivity (Wildman–Crippen MR) is 114 cm³/mol. The second-order valence-electron chi connectivity index (χ2n) is 8.41. The molecule has 6 nitrogen and oxygen atoms in total. The molecule has 0 amide bonds. The molecule has 0 radical (unpaired) electrons. The fourth-order valence-electron chi connectivity index (χ4n) is 4.27. The number of esters is 3. The van der Waals surface area contributed by atoms with E-state index in [0.717, 1.165) is 23.8 Å². The van der Waals surface area contributed by atoms with Crippen molar-refractivity contribution in [1.29, 1.82) is 0 Å². The van der Waals surface area contributed by atoms with Crippen molar-refractivity contribution in [3.8, 4) is 0 Å². The molecular weight excluding hydrogens is 453 g/mol. The molecule has 1 aromatic rings. The number of fused-ring (bicyclic) bond motifs is 2. The Morgan fingerprint density at radius 1 is 1.15 bits per heavy atom. The van der Waals surface area contributed by atoms with Crippen molar-refractivity contribution in [1.82, 2.24) is 0 Å². The Morgan fingerprint density at radius 2 is 1.91 bits per heavy atom. The van der Waals surface area contributed by atoms with Crippen LogP contribution >= 0.6 is 0 Å². The largest absolute Gasteiger partial charge is 0.458 e. The van der Waals surface area contributed by atoms with Gasteiger partial charge in [-0.15, -0.1) is 0 Å². The second kappa shape index (κ2) is 8.96. The molecule has 9 heteroatoms. The number of hydrogen-bond donors (Lipinski definition) is 0. The van der Waals surface area contributed by atoms with Crippen LogP contribution in [0.2, 0.25) is 0 Å². The molecule has 4 atom stereocenters. The van der Waals surface area contributed by atoms with Crippen LogP contribution in [-0.2, 0) is 34.8 Å². The minimum atomic E-state index is -4.51. The summed E-state index contributed by atoms with van der Waals surface area (Å²) >= 11 is 0. The first-order valence-electron chi connectivity index (χ1n) is 10.6. The van der Waals surface area contributed by atoms with E-state index in [2.05, 4.69) is 6.58 Å². The molecule has 178 valence electrons. The molecule has 3 aliphatic rings. The Bertz CT molecular complexity index is 1140. The zero-order chi connectivity index (χ0) is 24.6. The highest BCUT2D eigenvalue weighted by Crippen LogP contribution is 2.38. The smallest absolute Gasteiger partial charge is 0.416 e. The lowest BCUT2D eigenvalue weighted by molar-refractivity contribution is -0.145. The number of halogens is 3. The highest BCUT2D eigenvalue weighted by Gasteiger charge is 2.46. The van der Waals surface area contributed by atoms with E-state index in [1.807, 2.05) is 0 Å². The third kappa shape index (κ3) is 4.98.